The molecule has 1 aromatic carbocycles. The van der Waals surface area contributed by atoms with Crippen molar-refractivity contribution in [2.24, 2.45) is 5.92 Å². The van der Waals surface area contributed by atoms with Gasteiger partial charge in [0.05, 0.1) is 9.82 Å². The molecule has 0 radical (unpaired) electrons. The Hall–Kier alpha value is -2.07. The summed E-state index contributed by atoms with van der Waals surface area (Å²) in [6.45, 7) is 1.39. The highest BCUT2D eigenvalue weighted by molar-refractivity contribution is 7.89. The predicted octanol–water partition coefficient (Wildman–Crippen LogP) is 1.12. The highest BCUT2D eigenvalue weighted by Crippen LogP contribution is 2.20. The summed E-state index contributed by atoms with van der Waals surface area (Å²) in [7, 11) is -4.06. The van der Waals surface area contributed by atoms with Crippen molar-refractivity contribution in [2.75, 3.05) is 6.54 Å². The van der Waals surface area contributed by atoms with Crippen LogP contribution >= 0.6 is 0 Å². The van der Waals surface area contributed by atoms with Crippen molar-refractivity contribution in [3.05, 3.63) is 34.1 Å². The lowest BCUT2D eigenvalue weighted by Gasteiger charge is -2.11. The Kier molecular flexibility index (Phi) is 5.33. The summed E-state index contributed by atoms with van der Waals surface area (Å²) in [5.41, 5.74) is -0.826. The monoisotopic (exact) mass is 320 g/mol. The summed E-state index contributed by atoms with van der Waals surface area (Å²) < 4.78 is 39.2. The Balaban J connectivity index is 2.86. The average molecular weight is 320 g/mol. The molecule has 2 N–H and O–H groups in total. The Morgan fingerprint density at radius 2 is 2.14 bits per heavy atom. The summed E-state index contributed by atoms with van der Waals surface area (Å²) in [5, 5.41) is 19.0. The lowest BCUT2D eigenvalue weighted by Crippen LogP contribution is -2.29. The summed E-state index contributed by atoms with van der Waals surface area (Å²) in [6.07, 6.45) is -0.225. The fourth-order valence-electron chi connectivity index (χ4n) is 1.51. The van der Waals surface area contributed by atoms with Crippen molar-refractivity contribution >= 4 is 21.7 Å². The summed E-state index contributed by atoms with van der Waals surface area (Å²) in [5.74, 6) is -2.79. The molecule has 0 fully saturated rings. The summed E-state index contributed by atoms with van der Waals surface area (Å²) in [6, 6.07) is 2.21. The zero-order valence-corrected chi connectivity index (χ0v) is 11.8. The van der Waals surface area contributed by atoms with Gasteiger partial charge in [-0.05, 0) is 12.0 Å². The van der Waals surface area contributed by atoms with Crippen molar-refractivity contribution in [1.82, 2.24) is 4.72 Å². The number of hydrogen-bond donors (Lipinski definition) is 2. The molecule has 0 aromatic heterocycles. The van der Waals surface area contributed by atoms with Crippen molar-refractivity contribution in [3.63, 3.8) is 0 Å². The van der Waals surface area contributed by atoms with Gasteiger partial charge in [-0.2, -0.15) is 4.39 Å². The number of benzene rings is 1. The third kappa shape index (κ3) is 4.76. The molecule has 10 heteroatoms. The van der Waals surface area contributed by atoms with Gasteiger partial charge in [0, 0.05) is 25.1 Å². The number of carbonyl (C=O) groups is 1. The number of aliphatic carboxylic acids is 1. The van der Waals surface area contributed by atoms with E-state index >= 15 is 0 Å². The first-order chi connectivity index (χ1) is 9.63. The van der Waals surface area contributed by atoms with Gasteiger partial charge in [-0.15, -0.1) is 0 Å². The van der Waals surface area contributed by atoms with E-state index in [9.17, 15) is 27.7 Å². The number of nitrogens with zero attached hydrogens (tertiary/aromatic N) is 1. The van der Waals surface area contributed by atoms with Crippen molar-refractivity contribution in [1.29, 1.82) is 0 Å². The van der Waals surface area contributed by atoms with Gasteiger partial charge in [0.25, 0.3) is 0 Å². The standard InChI is InChI=1S/C11H13FN2O6S/c1-7(4-11(15)16)6-13-21(19,20)8-2-3-10(14(17)18)9(12)5-8/h2-3,5,7,13H,4,6H2,1H3,(H,15,16). The molecule has 8 nitrogen and oxygen atoms in total. The molecular formula is C11H13FN2O6S. The number of nitrogens with one attached hydrogen (secondary N) is 1. The van der Waals surface area contributed by atoms with Crippen LogP contribution in [0.25, 0.3) is 0 Å². The molecule has 21 heavy (non-hydrogen) atoms. The lowest BCUT2D eigenvalue weighted by molar-refractivity contribution is -0.387. The van der Waals surface area contributed by atoms with Crippen LogP contribution in [0.15, 0.2) is 23.1 Å². The van der Waals surface area contributed by atoms with Crippen LogP contribution in [0.4, 0.5) is 10.1 Å². The lowest BCUT2D eigenvalue weighted by atomic mass is 10.1. The molecule has 116 valence electrons. The second-order valence-electron chi connectivity index (χ2n) is 4.43. The number of carboxylic acids is 1. The molecule has 0 saturated heterocycles. The second kappa shape index (κ2) is 6.59. The SMILES string of the molecule is CC(CNS(=O)(=O)c1ccc([N+](=O)[O-])c(F)c1)CC(=O)O. The molecule has 0 saturated carbocycles. The first kappa shape index (κ1) is 17.0. The fraction of sp³-hybridized carbons (Fsp3) is 0.364. The van der Waals surface area contributed by atoms with Crippen LogP contribution in [0.5, 0.6) is 0 Å². The third-order valence-electron chi connectivity index (χ3n) is 2.57. The zero-order chi connectivity index (χ0) is 16.2. The van der Waals surface area contributed by atoms with E-state index < -0.39 is 43.2 Å². The minimum Gasteiger partial charge on any atom is -0.481 e. The van der Waals surface area contributed by atoms with E-state index in [1.54, 1.807) is 0 Å². The molecule has 0 aliphatic rings. The molecule has 1 rings (SSSR count). The average Bonchev–Trinajstić information content (AvgIpc) is 2.35. The van der Waals surface area contributed by atoms with Crippen molar-refractivity contribution in [2.45, 2.75) is 18.2 Å². The highest BCUT2D eigenvalue weighted by atomic mass is 32.2. The van der Waals surface area contributed by atoms with E-state index in [1.807, 2.05) is 0 Å². The molecule has 0 aliphatic heterocycles. The van der Waals surface area contributed by atoms with Gasteiger partial charge in [-0.1, -0.05) is 6.92 Å². The van der Waals surface area contributed by atoms with Crippen molar-refractivity contribution < 1.29 is 27.6 Å². The molecule has 0 amide bonds. The topological polar surface area (TPSA) is 127 Å². The van der Waals surface area contributed by atoms with E-state index in [1.165, 1.54) is 6.92 Å². The maximum Gasteiger partial charge on any atom is 0.304 e. The maximum absolute atomic E-state index is 13.4. The van der Waals surface area contributed by atoms with Gasteiger partial charge in [0.2, 0.25) is 15.8 Å². The molecule has 0 heterocycles. The van der Waals surface area contributed by atoms with Gasteiger partial charge in [-0.3, -0.25) is 14.9 Å². The number of sulfonamides is 1. The van der Waals surface area contributed by atoms with Crippen LogP contribution in [0.1, 0.15) is 13.3 Å². The normalized spacial score (nSPS) is 12.9. The first-order valence-electron chi connectivity index (χ1n) is 5.79. The van der Waals surface area contributed by atoms with Crippen LogP contribution < -0.4 is 4.72 Å². The zero-order valence-electron chi connectivity index (χ0n) is 10.9. The third-order valence-corrected chi connectivity index (χ3v) is 3.99. The van der Waals surface area contributed by atoms with Gasteiger partial charge < -0.3 is 5.11 Å². The largest absolute Gasteiger partial charge is 0.481 e. The smallest absolute Gasteiger partial charge is 0.304 e. The molecule has 0 aliphatic carbocycles. The Bertz CT molecular complexity index is 661. The van der Waals surface area contributed by atoms with Gasteiger partial charge >= 0.3 is 11.7 Å². The molecule has 1 aromatic rings. The fourth-order valence-corrected chi connectivity index (χ4v) is 2.68. The maximum atomic E-state index is 13.4. The Labute approximate surface area is 119 Å². The number of hydrogen-bond acceptors (Lipinski definition) is 5. The first-order valence-corrected chi connectivity index (χ1v) is 7.27. The van der Waals surface area contributed by atoms with E-state index in [0.29, 0.717) is 6.07 Å². The molecule has 0 spiro atoms. The van der Waals surface area contributed by atoms with Crippen molar-refractivity contribution in [3.8, 4) is 0 Å². The minimum atomic E-state index is -4.06. The van der Waals surface area contributed by atoms with Gasteiger partial charge in [0.1, 0.15) is 0 Å². The quantitative estimate of drug-likeness (QED) is 0.572. The van der Waals surface area contributed by atoms with E-state index in [4.69, 9.17) is 5.11 Å². The van der Waals surface area contributed by atoms with Crippen LogP contribution in [0.2, 0.25) is 0 Å². The molecular weight excluding hydrogens is 307 g/mol. The van der Waals surface area contributed by atoms with Crippen LogP contribution in [0.3, 0.4) is 0 Å². The Morgan fingerprint density at radius 1 is 1.52 bits per heavy atom. The minimum absolute atomic E-state index is 0.146. The van der Waals surface area contributed by atoms with E-state index in [2.05, 4.69) is 4.72 Å². The molecule has 1 unspecified atom stereocenters. The van der Waals surface area contributed by atoms with Gasteiger partial charge in [-0.25, -0.2) is 13.1 Å². The van der Waals surface area contributed by atoms with Crippen LogP contribution in [0, 0.1) is 21.8 Å². The van der Waals surface area contributed by atoms with Crippen LogP contribution in [-0.2, 0) is 14.8 Å². The van der Waals surface area contributed by atoms with Crippen LogP contribution in [-0.4, -0.2) is 31.0 Å². The second-order valence-corrected chi connectivity index (χ2v) is 6.19. The summed E-state index contributed by atoms with van der Waals surface area (Å²) in [4.78, 5) is 19.5. The molecule has 0 bridgehead atoms. The predicted molar refractivity (Wildman–Crippen MR) is 69.7 cm³/mol. The van der Waals surface area contributed by atoms with E-state index in [-0.39, 0.29) is 13.0 Å². The number of nitro groups is 1. The number of nitro benzene ring substituents is 1. The van der Waals surface area contributed by atoms with Gasteiger partial charge in [0.15, 0.2) is 0 Å². The van der Waals surface area contributed by atoms with E-state index in [0.717, 1.165) is 12.1 Å². The number of carboxylic acid groups (broad SMARTS) is 1. The Morgan fingerprint density at radius 3 is 2.62 bits per heavy atom. The highest BCUT2D eigenvalue weighted by Gasteiger charge is 2.21. The molecule has 1 atom stereocenters. The number of rotatable bonds is 7. The summed E-state index contributed by atoms with van der Waals surface area (Å²) >= 11 is 0. The number of halogens is 1.